The van der Waals surface area contributed by atoms with E-state index in [-0.39, 0.29) is 0 Å². The molecule has 0 bridgehead atoms. The van der Waals surface area contributed by atoms with E-state index in [9.17, 15) is 8.42 Å². The lowest BCUT2D eigenvalue weighted by molar-refractivity contribution is 0.587. The maximum atomic E-state index is 10.9. The number of benzene rings is 1. The summed E-state index contributed by atoms with van der Waals surface area (Å²) in [7, 11) is -3.09. The number of hydrogen-bond acceptors (Lipinski definition) is 2. The number of nitrogens with one attached hydrogen (secondary N) is 1. The van der Waals surface area contributed by atoms with Crippen LogP contribution in [0.1, 0.15) is 24.5 Å². The molecule has 0 saturated heterocycles. The van der Waals surface area contributed by atoms with Crippen molar-refractivity contribution < 1.29 is 8.42 Å². The van der Waals surface area contributed by atoms with E-state index in [2.05, 4.69) is 11.6 Å². The van der Waals surface area contributed by atoms with Crippen LogP contribution in [0, 0.1) is 0 Å². The van der Waals surface area contributed by atoms with Gasteiger partial charge in [-0.2, -0.15) is 0 Å². The molecule has 0 unspecified atom stereocenters. The molecule has 0 aliphatic rings. The Balaban J connectivity index is 2.57. The standard InChI is InChI=1S/C11H17NO2S/c1-3-4-10-5-7-11(8-6-10)9-12-15(2,13)14/h5-8,12H,3-4,9H2,1-2H3. The predicted octanol–water partition coefficient (Wildman–Crippen LogP) is 1.69. The van der Waals surface area contributed by atoms with E-state index >= 15 is 0 Å². The molecule has 0 fully saturated rings. The molecule has 0 spiro atoms. The van der Waals surface area contributed by atoms with Crippen LogP contribution >= 0.6 is 0 Å². The molecule has 1 aromatic carbocycles. The lowest BCUT2D eigenvalue weighted by atomic mass is 10.1. The molecule has 3 nitrogen and oxygen atoms in total. The topological polar surface area (TPSA) is 46.2 Å². The highest BCUT2D eigenvalue weighted by Crippen LogP contribution is 2.06. The van der Waals surface area contributed by atoms with Crippen LogP contribution in [0.2, 0.25) is 0 Å². The minimum absolute atomic E-state index is 0.366. The number of hydrogen-bond donors (Lipinski definition) is 1. The summed E-state index contributed by atoms with van der Waals surface area (Å²) < 4.78 is 24.2. The normalized spacial score (nSPS) is 11.6. The van der Waals surface area contributed by atoms with E-state index in [4.69, 9.17) is 0 Å². The fraction of sp³-hybridized carbons (Fsp3) is 0.455. The largest absolute Gasteiger partial charge is 0.213 e. The van der Waals surface area contributed by atoms with Gasteiger partial charge in [0.05, 0.1) is 6.26 Å². The van der Waals surface area contributed by atoms with Gasteiger partial charge in [-0.1, -0.05) is 37.6 Å². The van der Waals surface area contributed by atoms with E-state index in [1.54, 1.807) is 0 Å². The fourth-order valence-electron chi connectivity index (χ4n) is 1.33. The predicted molar refractivity (Wildman–Crippen MR) is 62.1 cm³/mol. The van der Waals surface area contributed by atoms with Gasteiger partial charge in [0, 0.05) is 6.54 Å². The molecule has 4 heteroatoms. The second kappa shape index (κ2) is 5.28. The molecule has 1 aromatic rings. The average molecular weight is 227 g/mol. The molecule has 15 heavy (non-hydrogen) atoms. The van der Waals surface area contributed by atoms with Crippen molar-refractivity contribution >= 4 is 10.0 Å². The van der Waals surface area contributed by atoms with Crippen molar-refractivity contribution in [3.8, 4) is 0 Å². The van der Waals surface area contributed by atoms with Gasteiger partial charge in [0.25, 0.3) is 0 Å². The minimum Gasteiger partial charge on any atom is -0.213 e. The Hall–Kier alpha value is -0.870. The first kappa shape index (κ1) is 12.2. The molecule has 0 aliphatic carbocycles. The van der Waals surface area contributed by atoms with Gasteiger partial charge in [-0.15, -0.1) is 0 Å². The lowest BCUT2D eigenvalue weighted by Crippen LogP contribution is -2.21. The monoisotopic (exact) mass is 227 g/mol. The summed E-state index contributed by atoms with van der Waals surface area (Å²) >= 11 is 0. The summed E-state index contributed by atoms with van der Waals surface area (Å²) in [4.78, 5) is 0. The quantitative estimate of drug-likeness (QED) is 0.832. The molecule has 0 radical (unpaired) electrons. The van der Waals surface area contributed by atoms with Gasteiger partial charge < -0.3 is 0 Å². The molecule has 0 aliphatic heterocycles. The van der Waals surface area contributed by atoms with Crippen LogP contribution in [0.3, 0.4) is 0 Å². The van der Waals surface area contributed by atoms with Crippen LogP contribution in [0.5, 0.6) is 0 Å². The fourth-order valence-corrected chi connectivity index (χ4v) is 1.76. The Kier molecular flexibility index (Phi) is 4.29. The van der Waals surface area contributed by atoms with Gasteiger partial charge >= 0.3 is 0 Å². The molecule has 84 valence electrons. The second-order valence-electron chi connectivity index (χ2n) is 3.66. The first-order valence-corrected chi connectivity index (χ1v) is 6.93. The van der Waals surface area contributed by atoms with Gasteiger partial charge in [0.1, 0.15) is 0 Å². The minimum atomic E-state index is -3.09. The number of aryl methyl sites for hydroxylation is 1. The summed E-state index contributed by atoms with van der Waals surface area (Å²) in [5.74, 6) is 0. The van der Waals surface area contributed by atoms with Crippen molar-refractivity contribution in [2.75, 3.05) is 6.26 Å². The summed E-state index contributed by atoms with van der Waals surface area (Å²) in [5, 5.41) is 0. The molecule has 0 heterocycles. The van der Waals surface area contributed by atoms with Crippen LogP contribution in [0.4, 0.5) is 0 Å². The van der Waals surface area contributed by atoms with Gasteiger partial charge in [-0.3, -0.25) is 0 Å². The van der Waals surface area contributed by atoms with Crippen LogP contribution in [-0.2, 0) is 23.0 Å². The van der Waals surface area contributed by atoms with Crippen molar-refractivity contribution in [2.45, 2.75) is 26.3 Å². The first-order chi connectivity index (χ1) is 7.01. The zero-order valence-electron chi connectivity index (χ0n) is 9.16. The highest BCUT2D eigenvalue weighted by Gasteiger charge is 2.00. The molecular formula is C11H17NO2S. The van der Waals surface area contributed by atoms with Crippen molar-refractivity contribution in [2.24, 2.45) is 0 Å². The van der Waals surface area contributed by atoms with Crippen molar-refractivity contribution in [3.63, 3.8) is 0 Å². The van der Waals surface area contributed by atoms with E-state index in [1.807, 2.05) is 24.3 Å². The van der Waals surface area contributed by atoms with E-state index < -0.39 is 10.0 Å². The summed E-state index contributed by atoms with van der Waals surface area (Å²) in [6, 6.07) is 8.01. The molecule has 0 amide bonds. The highest BCUT2D eigenvalue weighted by molar-refractivity contribution is 7.88. The first-order valence-electron chi connectivity index (χ1n) is 5.03. The van der Waals surface area contributed by atoms with Crippen LogP contribution < -0.4 is 4.72 Å². The average Bonchev–Trinajstić information content (AvgIpc) is 2.16. The summed E-state index contributed by atoms with van der Waals surface area (Å²) in [6.45, 7) is 2.50. The zero-order valence-corrected chi connectivity index (χ0v) is 9.97. The lowest BCUT2D eigenvalue weighted by Gasteiger charge is -2.04. The third-order valence-electron chi connectivity index (χ3n) is 2.10. The number of rotatable bonds is 5. The van der Waals surface area contributed by atoms with Gasteiger partial charge in [0.15, 0.2) is 0 Å². The molecular weight excluding hydrogens is 210 g/mol. The Morgan fingerprint density at radius 1 is 1.13 bits per heavy atom. The molecule has 0 saturated carbocycles. The number of sulfonamides is 1. The molecule has 0 atom stereocenters. The third kappa shape index (κ3) is 4.95. The Morgan fingerprint density at radius 3 is 2.13 bits per heavy atom. The highest BCUT2D eigenvalue weighted by atomic mass is 32.2. The van der Waals surface area contributed by atoms with Gasteiger partial charge in [0.2, 0.25) is 10.0 Å². The third-order valence-corrected chi connectivity index (χ3v) is 2.77. The Bertz CT molecular complexity index is 395. The molecule has 1 N–H and O–H groups in total. The van der Waals surface area contributed by atoms with E-state index in [0.29, 0.717) is 6.54 Å². The van der Waals surface area contributed by atoms with Crippen molar-refractivity contribution in [1.82, 2.24) is 4.72 Å². The van der Waals surface area contributed by atoms with Crippen molar-refractivity contribution in [3.05, 3.63) is 35.4 Å². The Labute approximate surface area is 91.6 Å². The van der Waals surface area contributed by atoms with E-state index in [1.165, 1.54) is 11.8 Å². The maximum Gasteiger partial charge on any atom is 0.209 e. The summed E-state index contributed by atoms with van der Waals surface area (Å²) in [6.07, 6.45) is 3.36. The second-order valence-corrected chi connectivity index (χ2v) is 5.49. The summed E-state index contributed by atoms with van der Waals surface area (Å²) in [5.41, 5.74) is 2.28. The van der Waals surface area contributed by atoms with Crippen LogP contribution in [0.15, 0.2) is 24.3 Å². The van der Waals surface area contributed by atoms with Crippen LogP contribution in [0.25, 0.3) is 0 Å². The maximum absolute atomic E-state index is 10.9. The molecule has 0 aromatic heterocycles. The van der Waals surface area contributed by atoms with Crippen molar-refractivity contribution in [1.29, 1.82) is 0 Å². The zero-order chi connectivity index (χ0) is 11.3. The smallest absolute Gasteiger partial charge is 0.209 e. The molecule has 1 rings (SSSR count). The SMILES string of the molecule is CCCc1ccc(CNS(C)(=O)=O)cc1. The van der Waals surface area contributed by atoms with Gasteiger partial charge in [-0.25, -0.2) is 13.1 Å². The van der Waals surface area contributed by atoms with E-state index in [0.717, 1.165) is 18.4 Å². The van der Waals surface area contributed by atoms with Crippen LogP contribution in [-0.4, -0.2) is 14.7 Å². The Morgan fingerprint density at radius 2 is 1.67 bits per heavy atom. The van der Waals surface area contributed by atoms with Gasteiger partial charge in [-0.05, 0) is 17.5 Å².